The van der Waals surface area contributed by atoms with E-state index in [4.69, 9.17) is 16.7 Å². The minimum atomic E-state index is -1.40. The molecule has 0 atom stereocenters. The van der Waals surface area contributed by atoms with E-state index in [1.54, 1.807) is 0 Å². The summed E-state index contributed by atoms with van der Waals surface area (Å²) in [6.07, 6.45) is 0. The van der Waals surface area contributed by atoms with Gasteiger partial charge < -0.3 is 5.11 Å². The molecule has 0 aliphatic heterocycles. The van der Waals surface area contributed by atoms with Crippen LogP contribution in [0.4, 0.5) is 8.78 Å². The molecule has 0 spiro atoms. The number of carbonyl (C=O) groups is 1. The highest BCUT2D eigenvalue weighted by molar-refractivity contribution is 6.33. The van der Waals surface area contributed by atoms with Crippen molar-refractivity contribution >= 4 is 17.6 Å². The van der Waals surface area contributed by atoms with Crippen LogP contribution in [0.25, 0.3) is 11.1 Å². The predicted octanol–water partition coefficient (Wildman–Crippen LogP) is 3.98. The van der Waals surface area contributed by atoms with Gasteiger partial charge in [-0.1, -0.05) is 23.7 Å². The zero-order chi connectivity index (χ0) is 13.3. The summed E-state index contributed by atoms with van der Waals surface area (Å²) in [4.78, 5) is 11.0. The summed E-state index contributed by atoms with van der Waals surface area (Å²) < 4.78 is 26.4. The highest BCUT2D eigenvalue weighted by Gasteiger charge is 2.18. The molecule has 92 valence electrons. The number of carboxylic acid groups (broad SMARTS) is 1. The van der Waals surface area contributed by atoms with Crippen molar-refractivity contribution in [1.82, 2.24) is 0 Å². The Morgan fingerprint density at radius 2 is 1.83 bits per heavy atom. The molecule has 0 amide bonds. The summed E-state index contributed by atoms with van der Waals surface area (Å²) >= 11 is 5.84. The Hall–Kier alpha value is -1.94. The van der Waals surface area contributed by atoms with Crippen LogP contribution in [0.1, 0.15) is 10.4 Å². The lowest BCUT2D eigenvalue weighted by Gasteiger charge is -2.09. The van der Waals surface area contributed by atoms with E-state index < -0.39 is 23.2 Å². The summed E-state index contributed by atoms with van der Waals surface area (Å²) in [5.74, 6) is -2.80. The molecule has 0 aliphatic carbocycles. The van der Waals surface area contributed by atoms with E-state index in [-0.39, 0.29) is 16.1 Å². The third-order valence-corrected chi connectivity index (χ3v) is 2.76. The van der Waals surface area contributed by atoms with Crippen molar-refractivity contribution in [2.24, 2.45) is 0 Å². The van der Waals surface area contributed by atoms with E-state index in [1.165, 1.54) is 18.2 Å². The largest absolute Gasteiger partial charge is 0.478 e. The molecule has 0 bridgehead atoms. The number of halogens is 3. The van der Waals surface area contributed by atoms with Crippen molar-refractivity contribution in [3.8, 4) is 11.1 Å². The molecule has 0 saturated carbocycles. The van der Waals surface area contributed by atoms with Gasteiger partial charge in [0.25, 0.3) is 0 Å². The van der Waals surface area contributed by atoms with Crippen molar-refractivity contribution in [1.29, 1.82) is 0 Å². The monoisotopic (exact) mass is 268 g/mol. The van der Waals surface area contributed by atoms with Gasteiger partial charge in [0.2, 0.25) is 0 Å². The summed E-state index contributed by atoms with van der Waals surface area (Å²) in [6, 6.07) is 7.34. The molecule has 2 rings (SSSR count). The second-order valence-corrected chi connectivity index (χ2v) is 4.00. The Morgan fingerprint density at radius 3 is 2.44 bits per heavy atom. The van der Waals surface area contributed by atoms with Crippen molar-refractivity contribution in [2.45, 2.75) is 0 Å². The molecule has 2 aromatic rings. The van der Waals surface area contributed by atoms with Crippen molar-refractivity contribution in [3.05, 3.63) is 58.6 Å². The van der Waals surface area contributed by atoms with Gasteiger partial charge in [-0.15, -0.1) is 0 Å². The number of benzene rings is 2. The van der Waals surface area contributed by atoms with E-state index >= 15 is 0 Å². The van der Waals surface area contributed by atoms with Gasteiger partial charge >= 0.3 is 5.97 Å². The average Bonchev–Trinajstić information content (AvgIpc) is 2.28. The van der Waals surface area contributed by atoms with E-state index in [9.17, 15) is 13.6 Å². The molecule has 0 radical (unpaired) electrons. The van der Waals surface area contributed by atoms with Gasteiger partial charge in [-0.05, 0) is 24.3 Å². The number of hydrogen-bond acceptors (Lipinski definition) is 1. The first-order chi connectivity index (χ1) is 8.50. The van der Waals surface area contributed by atoms with E-state index in [2.05, 4.69) is 0 Å². The average molecular weight is 269 g/mol. The molecule has 0 unspecified atom stereocenters. The fraction of sp³-hybridized carbons (Fsp3) is 0. The lowest BCUT2D eigenvalue weighted by atomic mass is 9.99. The first-order valence-corrected chi connectivity index (χ1v) is 5.35. The van der Waals surface area contributed by atoms with Crippen molar-refractivity contribution < 1.29 is 18.7 Å². The Morgan fingerprint density at radius 1 is 1.11 bits per heavy atom. The van der Waals surface area contributed by atoms with E-state index in [0.717, 1.165) is 18.2 Å². The first kappa shape index (κ1) is 12.5. The number of carboxylic acids is 1. The molecule has 18 heavy (non-hydrogen) atoms. The quantitative estimate of drug-likeness (QED) is 0.894. The Balaban J connectivity index is 2.71. The van der Waals surface area contributed by atoms with Gasteiger partial charge in [0.15, 0.2) is 0 Å². The van der Waals surface area contributed by atoms with Crippen LogP contribution in [0.2, 0.25) is 5.02 Å². The second kappa shape index (κ2) is 4.74. The van der Waals surface area contributed by atoms with Crippen LogP contribution >= 0.6 is 11.6 Å². The molecule has 2 aromatic carbocycles. The van der Waals surface area contributed by atoms with Crippen LogP contribution in [0.3, 0.4) is 0 Å². The van der Waals surface area contributed by atoms with Crippen LogP contribution in [0, 0.1) is 11.6 Å². The molecular weight excluding hydrogens is 262 g/mol. The maximum absolute atomic E-state index is 13.5. The molecule has 2 nitrogen and oxygen atoms in total. The smallest absolute Gasteiger partial charge is 0.339 e. The molecule has 1 N–H and O–H groups in total. The number of rotatable bonds is 2. The van der Waals surface area contributed by atoms with Crippen LogP contribution in [0.5, 0.6) is 0 Å². The fourth-order valence-electron chi connectivity index (χ4n) is 1.67. The van der Waals surface area contributed by atoms with Crippen molar-refractivity contribution in [2.75, 3.05) is 0 Å². The highest BCUT2D eigenvalue weighted by atomic mass is 35.5. The minimum absolute atomic E-state index is 0.0306. The highest BCUT2D eigenvalue weighted by Crippen LogP contribution is 2.32. The lowest BCUT2D eigenvalue weighted by molar-refractivity contribution is 0.0693. The Labute approximate surface area is 106 Å². The topological polar surface area (TPSA) is 37.3 Å². The second-order valence-electron chi connectivity index (χ2n) is 3.59. The molecule has 0 heterocycles. The van der Waals surface area contributed by atoms with E-state index in [0.29, 0.717) is 0 Å². The third kappa shape index (κ3) is 2.19. The molecular formula is C13H7ClF2O2. The summed E-state index contributed by atoms with van der Waals surface area (Å²) in [5, 5.41) is 9.03. The van der Waals surface area contributed by atoms with Gasteiger partial charge in [-0.25, -0.2) is 13.6 Å². The fourth-order valence-corrected chi connectivity index (χ4v) is 1.94. The number of aromatic carboxylic acids is 1. The molecule has 0 fully saturated rings. The molecule has 5 heteroatoms. The maximum atomic E-state index is 13.5. The Bertz CT molecular complexity index is 626. The molecule has 0 aliphatic rings. The van der Waals surface area contributed by atoms with Gasteiger partial charge in [0, 0.05) is 11.1 Å². The van der Waals surface area contributed by atoms with Crippen molar-refractivity contribution in [3.63, 3.8) is 0 Å². The predicted molar refractivity (Wildman–Crippen MR) is 63.8 cm³/mol. The van der Waals surface area contributed by atoms with Crippen LogP contribution in [-0.4, -0.2) is 11.1 Å². The Kier molecular flexibility index (Phi) is 3.30. The zero-order valence-electron chi connectivity index (χ0n) is 8.95. The summed E-state index contributed by atoms with van der Waals surface area (Å²) in [5.41, 5.74) is -0.0894. The first-order valence-electron chi connectivity index (χ1n) is 4.98. The van der Waals surface area contributed by atoms with Crippen LogP contribution in [0.15, 0.2) is 36.4 Å². The third-order valence-electron chi connectivity index (χ3n) is 2.45. The van der Waals surface area contributed by atoms with Crippen LogP contribution < -0.4 is 0 Å². The molecule has 0 aromatic heterocycles. The maximum Gasteiger partial charge on any atom is 0.339 e. The van der Waals surface area contributed by atoms with Gasteiger partial charge in [-0.2, -0.15) is 0 Å². The lowest BCUT2D eigenvalue weighted by Crippen LogP contribution is -2.03. The normalized spacial score (nSPS) is 10.4. The van der Waals surface area contributed by atoms with Gasteiger partial charge in [0.1, 0.15) is 17.2 Å². The summed E-state index contributed by atoms with van der Waals surface area (Å²) in [6.45, 7) is 0. The van der Waals surface area contributed by atoms with Gasteiger partial charge in [0.05, 0.1) is 5.02 Å². The SMILES string of the molecule is O=C(O)c1c(F)cccc1-c1ccc(F)cc1Cl. The van der Waals surface area contributed by atoms with E-state index in [1.807, 2.05) is 0 Å². The van der Waals surface area contributed by atoms with Gasteiger partial charge in [-0.3, -0.25) is 0 Å². The molecule has 0 saturated heterocycles. The number of hydrogen-bond donors (Lipinski definition) is 1. The summed E-state index contributed by atoms with van der Waals surface area (Å²) in [7, 11) is 0. The minimum Gasteiger partial charge on any atom is -0.478 e. The van der Waals surface area contributed by atoms with Crippen LogP contribution in [-0.2, 0) is 0 Å². The standard InChI is InChI=1S/C13H7ClF2O2/c14-10-6-7(15)4-5-8(10)9-2-1-3-11(16)12(9)13(17)18/h1-6H,(H,17,18). The zero-order valence-corrected chi connectivity index (χ0v) is 9.71.